The first-order chi connectivity index (χ1) is 9.16. The summed E-state index contributed by atoms with van der Waals surface area (Å²) >= 11 is 1.21. The van der Waals surface area contributed by atoms with Gasteiger partial charge in [-0.05, 0) is 19.8 Å². The van der Waals surface area contributed by atoms with E-state index >= 15 is 0 Å². The second-order valence-electron chi connectivity index (χ2n) is 4.50. The Kier molecular flexibility index (Phi) is 3.02. The van der Waals surface area contributed by atoms with Gasteiger partial charge in [0.05, 0.1) is 17.5 Å². The zero-order chi connectivity index (χ0) is 13.4. The minimum Gasteiger partial charge on any atom is -0.481 e. The topological polar surface area (TPSA) is 96.7 Å². The van der Waals surface area contributed by atoms with E-state index in [1.807, 2.05) is 11.5 Å². The van der Waals surface area contributed by atoms with Gasteiger partial charge >= 0.3 is 5.97 Å². The summed E-state index contributed by atoms with van der Waals surface area (Å²) in [4.78, 5) is 10.7. The maximum atomic E-state index is 10.7. The standard InChI is InChI=1S/C11H13N5O2S/c1-6-8(4-12-13-6)10-14-15-11(19-5-9(17)18)16(10)7-2-3-7/h4,7H,2-3,5H2,1H3,(H,12,13)(H,17,18). The maximum absolute atomic E-state index is 10.7. The van der Waals surface area contributed by atoms with Crippen LogP contribution in [-0.4, -0.2) is 41.8 Å². The van der Waals surface area contributed by atoms with Crippen LogP contribution in [0.2, 0.25) is 0 Å². The molecule has 0 atom stereocenters. The molecule has 0 radical (unpaired) electrons. The summed E-state index contributed by atoms with van der Waals surface area (Å²) in [5, 5.41) is 24.6. The Bertz CT molecular complexity index is 616. The lowest BCUT2D eigenvalue weighted by molar-refractivity contribution is -0.133. The van der Waals surface area contributed by atoms with Crippen molar-refractivity contribution in [3.8, 4) is 11.4 Å². The normalized spacial score (nSPS) is 14.8. The number of aliphatic carboxylic acids is 1. The van der Waals surface area contributed by atoms with Crippen molar-refractivity contribution in [1.29, 1.82) is 0 Å². The molecule has 0 aliphatic heterocycles. The Hall–Kier alpha value is -1.83. The third-order valence-electron chi connectivity index (χ3n) is 2.97. The summed E-state index contributed by atoms with van der Waals surface area (Å²) in [6, 6.07) is 0.385. The highest BCUT2D eigenvalue weighted by atomic mass is 32.2. The molecule has 0 amide bonds. The highest BCUT2D eigenvalue weighted by Crippen LogP contribution is 2.41. The third-order valence-corrected chi connectivity index (χ3v) is 3.90. The molecule has 7 nitrogen and oxygen atoms in total. The molecule has 0 bridgehead atoms. The van der Waals surface area contributed by atoms with Crippen molar-refractivity contribution in [2.45, 2.75) is 31.0 Å². The summed E-state index contributed by atoms with van der Waals surface area (Å²) in [6.07, 6.45) is 3.90. The van der Waals surface area contributed by atoms with Crippen molar-refractivity contribution < 1.29 is 9.90 Å². The van der Waals surface area contributed by atoms with Gasteiger partial charge in [-0.25, -0.2) is 0 Å². The predicted octanol–water partition coefficient (Wildman–Crippen LogP) is 1.49. The number of hydrogen-bond acceptors (Lipinski definition) is 5. The lowest BCUT2D eigenvalue weighted by Crippen LogP contribution is -2.03. The van der Waals surface area contributed by atoms with Gasteiger partial charge < -0.3 is 5.11 Å². The predicted molar refractivity (Wildman–Crippen MR) is 69.0 cm³/mol. The number of carboxylic acids is 1. The van der Waals surface area contributed by atoms with Crippen LogP contribution >= 0.6 is 11.8 Å². The van der Waals surface area contributed by atoms with Gasteiger partial charge in [0.25, 0.3) is 0 Å². The summed E-state index contributed by atoms with van der Waals surface area (Å²) in [6.45, 7) is 1.93. The molecule has 0 saturated heterocycles. The largest absolute Gasteiger partial charge is 0.481 e. The number of carboxylic acid groups (broad SMARTS) is 1. The van der Waals surface area contributed by atoms with Crippen molar-refractivity contribution in [3.63, 3.8) is 0 Å². The van der Waals surface area contributed by atoms with Crippen LogP contribution in [0.3, 0.4) is 0 Å². The second-order valence-corrected chi connectivity index (χ2v) is 5.44. The lowest BCUT2D eigenvalue weighted by Gasteiger charge is -2.07. The number of H-pyrrole nitrogens is 1. The number of aromatic amines is 1. The third kappa shape index (κ3) is 2.35. The second kappa shape index (κ2) is 4.69. The molecule has 19 heavy (non-hydrogen) atoms. The zero-order valence-corrected chi connectivity index (χ0v) is 11.1. The van der Waals surface area contributed by atoms with E-state index in [9.17, 15) is 4.79 Å². The van der Waals surface area contributed by atoms with Crippen molar-refractivity contribution >= 4 is 17.7 Å². The van der Waals surface area contributed by atoms with Crippen LogP contribution < -0.4 is 0 Å². The van der Waals surface area contributed by atoms with Crippen LogP contribution in [-0.2, 0) is 4.79 Å². The Morgan fingerprint density at radius 1 is 1.58 bits per heavy atom. The monoisotopic (exact) mass is 279 g/mol. The molecule has 0 unspecified atom stereocenters. The molecular weight excluding hydrogens is 266 g/mol. The van der Waals surface area contributed by atoms with E-state index in [0.29, 0.717) is 11.2 Å². The molecular formula is C11H13N5O2S. The van der Waals surface area contributed by atoms with Crippen LogP contribution in [0.25, 0.3) is 11.4 Å². The minimum absolute atomic E-state index is 0.00474. The molecule has 2 aromatic rings. The van der Waals surface area contributed by atoms with Crippen molar-refractivity contribution in [1.82, 2.24) is 25.0 Å². The Labute approximate surface area is 113 Å². The molecule has 3 rings (SSSR count). The molecule has 1 aliphatic rings. The molecule has 0 spiro atoms. The van der Waals surface area contributed by atoms with E-state index < -0.39 is 5.97 Å². The maximum Gasteiger partial charge on any atom is 0.313 e. The van der Waals surface area contributed by atoms with Crippen LogP contribution in [0.4, 0.5) is 0 Å². The lowest BCUT2D eigenvalue weighted by atomic mass is 10.2. The highest BCUT2D eigenvalue weighted by Gasteiger charge is 2.31. The smallest absolute Gasteiger partial charge is 0.313 e. The first kappa shape index (κ1) is 12.2. The molecule has 1 fully saturated rings. The van der Waals surface area contributed by atoms with Crippen molar-refractivity contribution in [2.75, 3.05) is 5.75 Å². The average Bonchev–Trinajstić information content (AvgIpc) is 2.98. The molecule has 8 heteroatoms. The summed E-state index contributed by atoms with van der Waals surface area (Å²) < 4.78 is 2.03. The van der Waals surface area contributed by atoms with Crippen LogP contribution in [0, 0.1) is 6.92 Å². The Morgan fingerprint density at radius 2 is 2.37 bits per heavy atom. The summed E-state index contributed by atoms with van der Waals surface area (Å²) in [5.74, 6) is -0.0899. The van der Waals surface area contributed by atoms with Gasteiger partial charge in [0.15, 0.2) is 11.0 Å². The van der Waals surface area contributed by atoms with E-state index in [2.05, 4.69) is 20.4 Å². The first-order valence-electron chi connectivity index (χ1n) is 5.96. The SMILES string of the molecule is Cc1[nH]ncc1-c1nnc(SCC(=O)O)n1C1CC1. The van der Waals surface area contributed by atoms with Gasteiger partial charge in [0.2, 0.25) is 0 Å². The average molecular weight is 279 g/mol. The van der Waals surface area contributed by atoms with Crippen LogP contribution in [0.1, 0.15) is 24.6 Å². The first-order valence-corrected chi connectivity index (χ1v) is 6.95. The fourth-order valence-electron chi connectivity index (χ4n) is 1.92. The van der Waals surface area contributed by atoms with Crippen LogP contribution in [0.15, 0.2) is 11.4 Å². The Balaban J connectivity index is 1.97. The van der Waals surface area contributed by atoms with Gasteiger partial charge in [0.1, 0.15) is 0 Å². The molecule has 2 aromatic heterocycles. The number of nitrogens with zero attached hydrogens (tertiary/aromatic N) is 4. The van der Waals surface area contributed by atoms with E-state index in [-0.39, 0.29) is 5.75 Å². The molecule has 100 valence electrons. The fraction of sp³-hybridized carbons (Fsp3) is 0.455. The quantitative estimate of drug-likeness (QED) is 0.805. The summed E-state index contributed by atoms with van der Waals surface area (Å²) in [5.41, 5.74) is 1.85. The molecule has 1 aliphatic carbocycles. The fourth-order valence-corrected chi connectivity index (χ4v) is 2.65. The molecule has 2 heterocycles. The zero-order valence-electron chi connectivity index (χ0n) is 10.3. The minimum atomic E-state index is -0.851. The van der Waals surface area contributed by atoms with Gasteiger partial charge in [-0.2, -0.15) is 5.10 Å². The molecule has 1 saturated carbocycles. The number of aromatic nitrogens is 5. The van der Waals surface area contributed by atoms with E-state index in [1.165, 1.54) is 11.8 Å². The Morgan fingerprint density at radius 3 is 2.95 bits per heavy atom. The van der Waals surface area contributed by atoms with Crippen LogP contribution in [0.5, 0.6) is 0 Å². The van der Waals surface area contributed by atoms with Gasteiger partial charge in [-0.3, -0.25) is 14.5 Å². The molecule has 0 aromatic carbocycles. The van der Waals surface area contributed by atoms with Gasteiger partial charge in [-0.1, -0.05) is 11.8 Å². The van der Waals surface area contributed by atoms with Gasteiger partial charge in [0, 0.05) is 11.7 Å². The highest BCUT2D eigenvalue weighted by molar-refractivity contribution is 7.99. The number of aryl methyl sites for hydroxylation is 1. The van der Waals surface area contributed by atoms with Gasteiger partial charge in [-0.15, -0.1) is 10.2 Å². The van der Waals surface area contributed by atoms with E-state index in [4.69, 9.17) is 5.11 Å². The number of rotatable bonds is 5. The van der Waals surface area contributed by atoms with Crippen molar-refractivity contribution in [2.24, 2.45) is 0 Å². The van der Waals surface area contributed by atoms with E-state index in [1.54, 1.807) is 6.20 Å². The number of carbonyl (C=O) groups is 1. The van der Waals surface area contributed by atoms with E-state index in [0.717, 1.165) is 29.9 Å². The van der Waals surface area contributed by atoms with Crippen molar-refractivity contribution in [3.05, 3.63) is 11.9 Å². The number of hydrogen-bond donors (Lipinski definition) is 2. The number of thioether (sulfide) groups is 1. The summed E-state index contributed by atoms with van der Waals surface area (Å²) in [7, 11) is 0. The molecule has 2 N–H and O–H groups in total. The number of nitrogens with one attached hydrogen (secondary N) is 1.